The molecular formula is C24H27N3O3. The van der Waals surface area contributed by atoms with E-state index in [9.17, 15) is 14.7 Å². The molecule has 156 valence electrons. The van der Waals surface area contributed by atoms with E-state index in [0.29, 0.717) is 24.4 Å². The third kappa shape index (κ3) is 3.25. The van der Waals surface area contributed by atoms with E-state index in [1.165, 1.54) is 23.8 Å². The number of hydrogen-bond donors (Lipinski definition) is 2. The number of hydrogen-bond acceptors (Lipinski definition) is 3. The Kier molecular flexibility index (Phi) is 4.95. The molecule has 1 fully saturated rings. The van der Waals surface area contributed by atoms with Gasteiger partial charge in [-0.25, -0.2) is 14.2 Å². The van der Waals surface area contributed by atoms with Gasteiger partial charge in [0.2, 0.25) is 0 Å². The third-order valence-electron chi connectivity index (χ3n) is 6.69. The Balaban J connectivity index is 1.49. The van der Waals surface area contributed by atoms with Crippen molar-refractivity contribution < 1.29 is 9.90 Å². The SMILES string of the molecule is O=C(N[C@H]1c2ccccc2C[C@H]1O)n1c(=O)n(CC2CCCCC2)c2ccccc21. The van der Waals surface area contributed by atoms with Crippen molar-refractivity contribution in [3.05, 3.63) is 70.1 Å². The highest BCUT2D eigenvalue weighted by atomic mass is 16.3. The second-order valence-electron chi connectivity index (χ2n) is 8.62. The first kappa shape index (κ1) is 19.1. The number of aromatic nitrogens is 2. The summed E-state index contributed by atoms with van der Waals surface area (Å²) in [5.74, 6) is 0.474. The van der Waals surface area contributed by atoms with Gasteiger partial charge in [-0.2, -0.15) is 0 Å². The molecule has 2 aliphatic carbocycles. The summed E-state index contributed by atoms with van der Waals surface area (Å²) in [6.07, 6.45) is 5.74. The van der Waals surface area contributed by atoms with Crippen molar-refractivity contribution >= 4 is 17.1 Å². The van der Waals surface area contributed by atoms with Crippen LogP contribution < -0.4 is 11.0 Å². The lowest BCUT2D eigenvalue weighted by molar-refractivity contribution is 0.142. The predicted octanol–water partition coefficient (Wildman–Crippen LogP) is 3.60. The highest BCUT2D eigenvalue weighted by molar-refractivity contribution is 5.89. The molecule has 0 unspecified atom stereocenters. The van der Waals surface area contributed by atoms with Gasteiger partial charge >= 0.3 is 11.7 Å². The van der Waals surface area contributed by atoms with E-state index >= 15 is 0 Å². The fraction of sp³-hybridized carbons (Fsp3) is 0.417. The number of nitrogens with zero attached hydrogens (tertiary/aromatic N) is 2. The van der Waals surface area contributed by atoms with Crippen molar-refractivity contribution in [2.24, 2.45) is 5.92 Å². The van der Waals surface area contributed by atoms with Crippen LogP contribution in [0.3, 0.4) is 0 Å². The van der Waals surface area contributed by atoms with Gasteiger partial charge < -0.3 is 10.4 Å². The number of rotatable bonds is 3. The predicted molar refractivity (Wildman–Crippen MR) is 116 cm³/mol. The second kappa shape index (κ2) is 7.76. The van der Waals surface area contributed by atoms with Crippen molar-refractivity contribution in [1.82, 2.24) is 14.5 Å². The highest BCUT2D eigenvalue weighted by Crippen LogP contribution is 2.31. The summed E-state index contributed by atoms with van der Waals surface area (Å²) in [5.41, 5.74) is 3.03. The van der Waals surface area contributed by atoms with E-state index in [2.05, 4.69) is 5.32 Å². The molecule has 0 spiro atoms. The number of carbonyl (C=O) groups is 1. The Morgan fingerprint density at radius 2 is 1.70 bits per heavy atom. The summed E-state index contributed by atoms with van der Waals surface area (Å²) in [4.78, 5) is 26.5. The van der Waals surface area contributed by atoms with Gasteiger partial charge in [0, 0.05) is 13.0 Å². The third-order valence-corrected chi connectivity index (χ3v) is 6.69. The quantitative estimate of drug-likeness (QED) is 0.699. The van der Waals surface area contributed by atoms with Gasteiger partial charge in [-0.3, -0.25) is 4.57 Å². The molecule has 2 N–H and O–H groups in total. The first-order valence-electron chi connectivity index (χ1n) is 10.9. The molecule has 2 atom stereocenters. The number of aliphatic hydroxyl groups excluding tert-OH is 1. The fourth-order valence-electron chi connectivity index (χ4n) is 5.15. The monoisotopic (exact) mass is 405 g/mol. The molecule has 6 nitrogen and oxygen atoms in total. The Hall–Kier alpha value is -2.86. The second-order valence-corrected chi connectivity index (χ2v) is 8.62. The lowest BCUT2D eigenvalue weighted by Gasteiger charge is -2.21. The zero-order chi connectivity index (χ0) is 20.7. The number of para-hydroxylation sites is 2. The number of imidazole rings is 1. The summed E-state index contributed by atoms with van der Waals surface area (Å²) in [6.45, 7) is 0.647. The number of carbonyl (C=O) groups excluding carboxylic acids is 1. The average Bonchev–Trinajstić information content (AvgIpc) is 3.23. The van der Waals surface area contributed by atoms with Gasteiger partial charge in [-0.05, 0) is 42.0 Å². The molecule has 0 saturated heterocycles. The normalized spacial score (nSPS) is 21.6. The molecule has 0 bridgehead atoms. The van der Waals surface area contributed by atoms with Crippen LogP contribution in [0.5, 0.6) is 0 Å². The fourth-order valence-corrected chi connectivity index (χ4v) is 5.15. The zero-order valence-corrected chi connectivity index (χ0v) is 17.0. The van der Waals surface area contributed by atoms with Gasteiger partial charge in [0.15, 0.2) is 0 Å². The van der Waals surface area contributed by atoms with Crippen LogP contribution in [0, 0.1) is 5.92 Å². The Bertz CT molecular complexity index is 1140. The maximum absolute atomic E-state index is 13.3. The molecule has 0 aliphatic heterocycles. The zero-order valence-electron chi connectivity index (χ0n) is 17.0. The first-order chi connectivity index (χ1) is 14.6. The van der Waals surface area contributed by atoms with Crippen molar-refractivity contribution in [3.8, 4) is 0 Å². The maximum Gasteiger partial charge on any atom is 0.337 e. The van der Waals surface area contributed by atoms with Crippen LogP contribution in [0.4, 0.5) is 4.79 Å². The van der Waals surface area contributed by atoms with Crippen molar-refractivity contribution in [3.63, 3.8) is 0 Å². The smallest absolute Gasteiger partial charge is 0.337 e. The van der Waals surface area contributed by atoms with Gasteiger partial charge in [0.05, 0.1) is 23.2 Å². The van der Waals surface area contributed by atoms with Crippen LogP contribution in [-0.4, -0.2) is 26.4 Å². The Morgan fingerprint density at radius 3 is 2.50 bits per heavy atom. The molecule has 3 aromatic rings. The lowest BCUT2D eigenvalue weighted by Crippen LogP contribution is -2.41. The molecule has 1 heterocycles. The van der Waals surface area contributed by atoms with Crippen LogP contribution in [0.2, 0.25) is 0 Å². The summed E-state index contributed by atoms with van der Waals surface area (Å²) >= 11 is 0. The largest absolute Gasteiger partial charge is 0.390 e. The summed E-state index contributed by atoms with van der Waals surface area (Å²) in [5, 5.41) is 13.4. The van der Waals surface area contributed by atoms with Crippen LogP contribution in [0.15, 0.2) is 53.3 Å². The number of nitrogens with one attached hydrogen (secondary N) is 1. The summed E-state index contributed by atoms with van der Waals surface area (Å²) in [7, 11) is 0. The number of fused-ring (bicyclic) bond motifs is 2. The van der Waals surface area contributed by atoms with Gasteiger partial charge in [0.25, 0.3) is 0 Å². The molecule has 2 aromatic carbocycles. The van der Waals surface area contributed by atoms with Gasteiger partial charge in [-0.15, -0.1) is 0 Å². The van der Waals surface area contributed by atoms with Crippen LogP contribution in [0.25, 0.3) is 11.0 Å². The molecular weight excluding hydrogens is 378 g/mol. The number of aliphatic hydroxyl groups is 1. The van der Waals surface area contributed by atoms with E-state index in [1.54, 1.807) is 4.57 Å². The van der Waals surface area contributed by atoms with Crippen LogP contribution in [0.1, 0.15) is 49.3 Å². The van der Waals surface area contributed by atoms with Crippen molar-refractivity contribution in [2.75, 3.05) is 0 Å². The first-order valence-corrected chi connectivity index (χ1v) is 10.9. The van der Waals surface area contributed by atoms with Gasteiger partial charge in [0.1, 0.15) is 0 Å². The Morgan fingerprint density at radius 1 is 1.00 bits per heavy atom. The Labute approximate surface area is 175 Å². The topological polar surface area (TPSA) is 76.3 Å². The summed E-state index contributed by atoms with van der Waals surface area (Å²) < 4.78 is 2.98. The molecule has 1 amide bonds. The number of benzene rings is 2. The van der Waals surface area contributed by atoms with E-state index in [-0.39, 0.29) is 5.69 Å². The minimum absolute atomic E-state index is 0.306. The van der Waals surface area contributed by atoms with Crippen LogP contribution >= 0.6 is 0 Å². The van der Waals surface area contributed by atoms with E-state index in [0.717, 1.165) is 29.5 Å². The molecule has 30 heavy (non-hydrogen) atoms. The molecule has 5 rings (SSSR count). The molecule has 0 radical (unpaired) electrons. The van der Waals surface area contributed by atoms with Crippen LogP contribution in [-0.2, 0) is 13.0 Å². The molecule has 1 saturated carbocycles. The highest BCUT2D eigenvalue weighted by Gasteiger charge is 2.33. The van der Waals surface area contributed by atoms with E-state index < -0.39 is 18.2 Å². The molecule has 2 aliphatic rings. The average molecular weight is 405 g/mol. The summed E-state index contributed by atoms with van der Waals surface area (Å²) in [6, 6.07) is 14.2. The lowest BCUT2D eigenvalue weighted by atomic mass is 9.89. The number of amides is 1. The minimum Gasteiger partial charge on any atom is -0.390 e. The van der Waals surface area contributed by atoms with Crippen molar-refractivity contribution in [2.45, 2.75) is 57.2 Å². The van der Waals surface area contributed by atoms with E-state index in [4.69, 9.17) is 0 Å². The standard InChI is InChI=1S/C24H27N3O3/c28-21-14-17-10-4-5-11-18(17)22(21)25-23(29)27-20-13-7-6-12-19(20)26(24(27)30)15-16-8-2-1-3-9-16/h4-7,10-13,16,21-22,28H,1-3,8-9,14-15H2,(H,25,29)/t21-,22+/m1/s1. The van der Waals surface area contributed by atoms with E-state index in [1.807, 2.05) is 48.5 Å². The van der Waals surface area contributed by atoms with Crippen molar-refractivity contribution in [1.29, 1.82) is 0 Å². The maximum atomic E-state index is 13.3. The molecule has 1 aromatic heterocycles. The van der Waals surface area contributed by atoms with Gasteiger partial charge in [-0.1, -0.05) is 55.7 Å². The minimum atomic E-state index is -0.697. The molecule has 6 heteroatoms.